The van der Waals surface area contributed by atoms with Crippen molar-refractivity contribution in [1.82, 2.24) is 0 Å². The lowest BCUT2D eigenvalue weighted by Crippen LogP contribution is -2.34. The Morgan fingerprint density at radius 2 is 1.70 bits per heavy atom. The summed E-state index contributed by atoms with van der Waals surface area (Å²) in [5.74, 6) is -3.28. The van der Waals surface area contributed by atoms with Crippen LogP contribution in [0.5, 0.6) is 0 Å². The Balaban J connectivity index is 1.54. The topological polar surface area (TPSA) is 122 Å². The molecule has 3 unspecified atom stereocenters. The zero-order valence-corrected chi connectivity index (χ0v) is 21.8. The predicted molar refractivity (Wildman–Crippen MR) is 144 cm³/mol. The first-order chi connectivity index (χ1) is 17.8. The molecule has 1 aliphatic carbocycles. The van der Waals surface area contributed by atoms with Crippen LogP contribution in [-0.4, -0.2) is 40.7 Å². The fraction of sp³-hybridized carbons (Fsp3) is 0.357. The second-order valence-electron chi connectivity index (χ2n) is 8.83. The van der Waals surface area contributed by atoms with Gasteiger partial charge in [0.15, 0.2) is 0 Å². The molecule has 196 valence electrons. The zero-order chi connectivity index (χ0) is 26.8. The summed E-state index contributed by atoms with van der Waals surface area (Å²) in [6.45, 7) is 4.18. The van der Waals surface area contributed by atoms with E-state index in [-0.39, 0.29) is 17.8 Å². The highest BCUT2D eigenvalue weighted by molar-refractivity contribution is 8.00. The van der Waals surface area contributed by atoms with E-state index in [0.717, 1.165) is 17.7 Å². The molecule has 0 aliphatic heterocycles. The highest BCUT2D eigenvalue weighted by Gasteiger charge is 2.34. The maximum absolute atomic E-state index is 12.8. The number of allylic oxidation sites excluding steroid dienone is 2. The van der Waals surface area contributed by atoms with Crippen molar-refractivity contribution in [3.05, 3.63) is 66.2 Å². The van der Waals surface area contributed by atoms with Crippen LogP contribution in [0.3, 0.4) is 0 Å². The molecule has 0 fully saturated rings. The number of ether oxygens (including phenoxy) is 1. The van der Waals surface area contributed by atoms with Crippen LogP contribution in [-0.2, 0) is 19.1 Å². The van der Waals surface area contributed by atoms with Gasteiger partial charge in [-0.2, -0.15) is 0 Å². The Kier molecular flexibility index (Phi) is 10.3. The van der Waals surface area contributed by atoms with Crippen molar-refractivity contribution >= 4 is 46.9 Å². The number of rotatable bonds is 11. The van der Waals surface area contributed by atoms with Gasteiger partial charge in [-0.05, 0) is 68.7 Å². The van der Waals surface area contributed by atoms with Crippen molar-refractivity contribution in [2.24, 2.45) is 11.8 Å². The van der Waals surface area contributed by atoms with Crippen LogP contribution in [0.2, 0.25) is 0 Å². The van der Waals surface area contributed by atoms with Crippen molar-refractivity contribution in [2.45, 2.75) is 49.7 Å². The molecule has 9 heteroatoms. The molecule has 0 spiro atoms. The van der Waals surface area contributed by atoms with E-state index in [0.29, 0.717) is 36.4 Å². The minimum absolute atomic E-state index is 0.212. The molecule has 0 heterocycles. The summed E-state index contributed by atoms with van der Waals surface area (Å²) in [6.07, 6.45) is 6.11. The number of hydrogen-bond donors (Lipinski definition) is 3. The Labute approximate surface area is 220 Å². The summed E-state index contributed by atoms with van der Waals surface area (Å²) in [6, 6.07) is 13.7. The molecule has 3 atom stereocenters. The molecule has 8 nitrogen and oxygen atoms in total. The lowest BCUT2D eigenvalue weighted by molar-refractivity contribution is -0.146. The van der Waals surface area contributed by atoms with Crippen LogP contribution >= 0.6 is 11.8 Å². The van der Waals surface area contributed by atoms with Gasteiger partial charge in [0.2, 0.25) is 11.8 Å². The number of esters is 1. The smallest absolute Gasteiger partial charge is 0.338 e. The lowest BCUT2D eigenvalue weighted by atomic mass is 9.82. The zero-order valence-electron chi connectivity index (χ0n) is 20.9. The first kappa shape index (κ1) is 28.0. The number of aliphatic carboxylic acids is 1. The number of carbonyl (C=O) groups is 4. The summed E-state index contributed by atoms with van der Waals surface area (Å²) in [4.78, 5) is 49.8. The van der Waals surface area contributed by atoms with Gasteiger partial charge in [0.05, 0.1) is 29.3 Å². The molecular weight excluding hydrogens is 492 g/mol. The number of amides is 2. The normalized spacial score (nSPS) is 17.5. The molecular formula is C28H32N2O6S. The molecule has 3 N–H and O–H groups in total. The predicted octanol–water partition coefficient (Wildman–Crippen LogP) is 5.37. The van der Waals surface area contributed by atoms with E-state index < -0.39 is 23.1 Å². The van der Waals surface area contributed by atoms with Crippen molar-refractivity contribution in [2.75, 3.05) is 17.2 Å². The molecule has 2 aromatic carbocycles. The van der Waals surface area contributed by atoms with Crippen LogP contribution in [0, 0.1) is 11.8 Å². The molecule has 2 amide bonds. The van der Waals surface area contributed by atoms with E-state index in [1.807, 2.05) is 19.1 Å². The third-order valence-corrected chi connectivity index (χ3v) is 7.08. The second-order valence-corrected chi connectivity index (χ2v) is 10.2. The van der Waals surface area contributed by atoms with Gasteiger partial charge in [-0.1, -0.05) is 31.6 Å². The van der Waals surface area contributed by atoms with Gasteiger partial charge in [-0.15, -0.1) is 11.8 Å². The standard InChI is InChI=1S/C28H32N2O6S/c1-3-4-16-36-28(35)19-12-14-20(15-13-19)29-25(31)18(2)37-22-9-7-8-21(17-22)30-26(32)23-10-5-6-11-24(23)27(33)34/h5-9,12-15,17-18,23-24H,3-4,10-11,16H2,1-2H3,(H,29,31)(H,30,32)(H,33,34). The molecule has 2 aromatic rings. The highest BCUT2D eigenvalue weighted by atomic mass is 32.2. The maximum atomic E-state index is 12.8. The number of hydrogen-bond acceptors (Lipinski definition) is 6. The number of anilines is 2. The van der Waals surface area contributed by atoms with Gasteiger partial charge in [0.1, 0.15) is 0 Å². The SMILES string of the molecule is CCCCOC(=O)c1ccc(NC(=O)C(C)Sc2cccc(NC(=O)C3CC=CCC3C(=O)O)c2)cc1. The molecule has 37 heavy (non-hydrogen) atoms. The van der Waals surface area contributed by atoms with Crippen LogP contribution < -0.4 is 10.6 Å². The number of thioether (sulfide) groups is 1. The summed E-state index contributed by atoms with van der Waals surface area (Å²) in [5.41, 5.74) is 1.54. The number of carboxylic acids is 1. The Bertz CT molecular complexity index is 1150. The number of benzene rings is 2. The van der Waals surface area contributed by atoms with E-state index in [9.17, 15) is 24.3 Å². The van der Waals surface area contributed by atoms with Crippen LogP contribution in [0.15, 0.2) is 65.6 Å². The van der Waals surface area contributed by atoms with E-state index in [1.54, 1.807) is 55.5 Å². The van der Waals surface area contributed by atoms with Crippen molar-refractivity contribution in [3.8, 4) is 0 Å². The van der Waals surface area contributed by atoms with E-state index >= 15 is 0 Å². The maximum Gasteiger partial charge on any atom is 0.338 e. The van der Waals surface area contributed by atoms with Crippen LogP contribution in [0.4, 0.5) is 11.4 Å². The molecule has 0 saturated heterocycles. The minimum Gasteiger partial charge on any atom is -0.481 e. The minimum atomic E-state index is -0.977. The van der Waals surface area contributed by atoms with Crippen LogP contribution in [0.25, 0.3) is 0 Å². The fourth-order valence-corrected chi connectivity index (χ4v) is 4.77. The van der Waals surface area contributed by atoms with E-state index in [1.165, 1.54) is 11.8 Å². The van der Waals surface area contributed by atoms with Crippen LogP contribution in [0.1, 0.15) is 49.9 Å². The fourth-order valence-electron chi connectivity index (χ4n) is 3.84. The monoisotopic (exact) mass is 524 g/mol. The molecule has 0 radical (unpaired) electrons. The number of unbranched alkanes of at least 4 members (excludes halogenated alkanes) is 1. The molecule has 0 saturated carbocycles. The average molecular weight is 525 g/mol. The lowest BCUT2D eigenvalue weighted by Gasteiger charge is -2.24. The Morgan fingerprint density at radius 3 is 2.38 bits per heavy atom. The van der Waals surface area contributed by atoms with Crippen molar-refractivity contribution < 1.29 is 29.0 Å². The summed E-state index contributed by atoms with van der Waals surface area (Å²) < 4.78 is 5.19. The number of carbonyl (C=O) groups excluding carboxylic acids is 3. The first-order valence-electron chi connectivity index (χ1n) is 12.3. The van der Waals surface area contributed by atoms with Gasteiger partial charge in [0.25, 0.3) is 0 Å². The van der Waals surface area contributed by atoms with E-state index in [2.05, 4.69) is 10.6 Å². The second kappa shape index (κ2) is 13.6. The largest absolute Gasteiger partial charge is 0.481 e. The summed E-state index contributed by atoms with van der Waals surface area (Å²) >= 11 is 1.33. The van der Waals surface area contributed by atoms with E-state index in [4.69, 9.17) is 4.74 Å². The quantitative estimate of drug-likeness (QED) is 0.156. The third kappa shape index (κ3) is 8.21. The number of carboxylic acid groups (broad SMARTS) is 1. The van der Waals surface area contributed by atoms with Gasteiger partial charge >= 0.3 is 11.9 Å². The Morgan fingerprint density at radius 1 is 1.00 bits per heavy atom. The first-order valence-corrected chi connectivity index (χ1v) is 13.2. The Hall–Kier alpha value is -3.59. The van der Waals surface area contributed by atoms with Crippen molar-refractivity contribution in [3.63, 3.8) is 0 Å². The number of nitrogens with one attached hydrogen (secondary N) is 2. The van der Waals surface area contributed by atoms with Gasteiger partial charge in [0, 0.05) is 16.3 Å². The highest BCUT2D eigenvalue weighted by Crippen LogP contribution is 2.29. The van der Waals surface area contributed by atoms with Gasteiger partial charge in [-0.25, -0.2) is 4.79 Å². The van der Waals surface area contributed by atoms with Gasteiger partial charge in [-0.3, -0.25) is 14.4 Å². The molecule has 1 aliphatic rings. The van der Waals surface area contributed by atoms with Gasteiger partial charge < -0.3 is 20.5 Å². The molecule has 3 rings (SSSR count). The summed E-state index contributed by atoms with van der Waals surface area (Å²) in [7, 11) is 0. The molecule has 0 aromatic heterocycles. The van der Waals surface area contributed by atoms with Crippen molar-refractivity contribution in [1.29, 1.82) is 0 Å². The summed E-state index contributed by atoms with van der Waals surface area (Å²) in [5, 5.41) is 14.6. The molecule has 0 bridgehead atoms. The average Bonchev–Trinajstić information content (AvgIpc) is 2.89. The third-order valence-electron chi connectivity index (χ3n) is 5.99.